The molecule has 1 aliphatic heterocycles. The average Bonchev–Trinajstić information content (AvgIpc) is 3.43. The fourth-order valence-corrected chi connectivity index (χ4v) is 4.95. The van der Waals surface area contributed by atoms with Crippen LogP contribution in [-0.2, 0) is 12.5 Å². The van der Waals surface area contributed by atoms with Crippen LogP contribution in [0.15, 0.2) is 59.3 Å². The zero-order valence-electron chi connectivity index (χ0n) is 19.3. The van der Waals surface area contributed by atoms with Crippen molar-refractivity contribution in [1.82, 2.24) is 19.8 Å². The molecule has 1 amide bonds. The second kappa shape index (κ2) is 7.90. The summed E-state index contributed by atoms with van der Waals surface area (Å²) in [6.07, 6.45) is 1.86. The first-order valence-corrected chi connectivity index (χ1v) is 11.0. The van der Waals surface area contributed by atoms with Gasteiger partial charge in [-0.25, -0.2) is 8.78 Å². The Morgan fingerprint density at radius 1 is 1.15 bits per heavy atom. The molecule has 4 aromatic rings. The van der Waals surface area contributed by atoms with Crippen molar-refractivity contribution < 1.29 is 18.1 Å². The van der Waals surface area contributed by atoms with Crippen LogP contribution in [-0.4, -0.2) is 32.3 Å². The summed E-state index contributed by atoms with van der Waals surface area (Å²) in [6.45, 7) is 6.52. The number of carbonyl (C=O) groups excluding carboxylic acids is 1. The summed E-state index contributed by atoms with van der Waals surface area (Å²) in [7, 11) is 1.90. The van der Waals surface area contributed by atoms with Gasteiger partial charge in [-0.3, -0.25) is 9.48 Å². The molecular formula is C26H24F2N4O2. The Labute approximate surface area is 195 Å². The van der Waals surface area contributed by atoms with Crippen LogP contribution < -0.4 is 0 Å². The van der Waals surface area contributed by atoms with E-state index < -0.39 is 17.0 Å². The van der Waals surface area contributed by atoms with E-state index in [1.165, 1.54) is 12.1 Å². The van der Waals surface area contributed by atoms with E-state index in [9.17, 15) is 13.6 Å². The molecule has 2 aromatic heterocycles. The highest BCUT2D eigenvalue weighted by atomic mass is 19.1. The largest absolute Gasteiger partial charge is 0.355 e. The number of rotatable bonds is 3. The van der Waals surface area contributed by atoms with Crippen LogP contribution in [0.2, 0.25) is 0 Å². The highest BCUT2D eigenvalue weighted by molar-refractivity contribution is 5.94. The van der Waals surface area contributed by atoms with E-state index in [1.807, 2.05) is 50.0 Å². The van der Waals surface area contributed by atoms with E-state index in [4.69, 9.17) is 4.52 Å². The Morgan fingerprint density at radius 2 is 1.91 bits per heavy atom. The quantitative estimate of drug-likeness (QED) is 0.421. The van der Waals surface area contributed by atoms with Crippen molar-refractivity contribution in [3.8, 4) is 11.3 Å². The minimum absolute atomic E-state index is 0.0424. The van der Waals surface area contributed by atoms with E-state index in [2.05, 4.69) is 23.2 Å². The number of fused-ring (bicyclic) bond motifs is 1. The Hall–Kier alpha value is -3.81. The fraction of sp³-hybridized carbons (Fsp3) is 0.269. The minimum atomic E-state index is -0.782. The van der Waals surface area contributed by atoms with Crippen LogP contribution in [0, 0.1) is 18.6 Å². The summed E-state index contributed by atoms with van der Waals surface area (Å²) < 4.78 is 34.6. The molecule has 5 rings (SSSR count). The zero-order valence-corrected chi connectivity index (χ0v) is 19.3. The average molecular weight is 463 g/mol. The first kappa shape index (κ1) is 22.0. The predicted molar refractivity (Wildman–Crippen MR) is 122 cm³/mol. The van der Waals surface area contributed by atoms with Crippen LogP contribution in [0.5, 0.6) is 0 Å². The molecule has 0 saturated carbocycles. The van der Waals surface area contributed by atoms with Gasteiger partial charge in [-0.1, -0.05) is 29.4 Å². The summed E-state index contributed by atoms with van der Waals surface area (Å²) in [4.78, 5) is 15.4. The molecule has 1 aliphatic rings. The van der Waals surface area contributed by atoms with Gasteiger partial charge in [0.15, 0.2) is 11.5 Å². The lowest BCUT2D eigenvalue weighted by atomic mass is 9.70. The molecule has 8 heteroatoms. The molecule has 3 heterocycles. The third-order valence-electron chi connectivity index (χ3n) is 6.98. The minimum Gasteiger partial charge on any atom is -0.355 e. The molecule has 0 radical (unpaired) electrons. The number of benzene rings is 2. The summed E-state index contributed by atoms with van der Waals surface area (Å²) >= 11 is 0. The molecular weight excluding hydrogens is 438 g/mol. The van der Waals surface area contributed by atoms with Crippen LogP contribution in [0.1, 0.15) is 52.8 Å². The highest BCUT2D eigenvalue weighted by Gasteiger charge is 2.44. The van der Waals surface area contributed by atoms with E-state index in [0.29, 0.717) is 6.54 Å². The molecule has 0 fully saturated rings. The first-order chi connectivity index (χ1) is 16.2. The second-order valence-corrected chi connectivity index (χ2v) is 9.00. The lowest BCUT2D eigenvalue weighted by Gasteiger charge is -2.45. The van der Waals surface area contributed by atoms with Crippen molar-refractivity contribution in [2.75, 3.05) is 6.54 Å². The fourth-order valence-electron chi connectivity index (χ4n) is 4.95. The van der Waals surface area contributed by atoms with Gasteiger partial charge in [0.25, 0.3) is 5.91 Å². The van der Waals surface area contributed by atoms with Gasteiger partial charge < -0.3 is 9.42 Å². The van der Waals surface area contributed by atoms with Gasteiger partial charge in [-0.05, 0) is 44.0 Å². The van der Waals surface area contributed by atoms with Crippen LogP contribution in [0.25, 0.3) is 11.3 Å². The molecule has 0 saturated heterocycles. The van der Waals surface area contributed by atoms with Gasteiger partial charge in [0.05, 0.1) is 17.8 Å². The zero-order chi connectivity index (χ0) is 24.2. The normalized spacial score (nSPS) is 19.8. The van der Waals surface area contributed by atoms with Crippen LogP contribution >= 0.6 is 0 Å². The Balaban J connectivity index is 1.55. The Kier molecular flexibility index (Phi) is 5.11. The second-order valence-electron chi connectivity index (χ2n) is 9.00. The summed E-state index contributed by atoms with van der Waals surface area (Å²) in [5.41, 5.74) is 3.87. The molecule has 2 atom stereocenters. The molecule has 0 N–H and O–H groups in total. The number of aromatic nitrogens is 3. The molecule has 0 bridgehead atoms. The van der Waals surface area contributed by atoms with Crippen LogP contribution in [0.3, 0.4) is 0 Å². The van der Waals surface area contributed by atoms with Crippen molar-refractivity contribution in [1.29, 1.82) is 0 Å². The monoisotopic (exact) mass is 462 g/mol. The third kappa shape index (κ3) is 3.32. The van der Waals surface area contributed by atoms with E-state index in [0.717, 1.165) is 34.5 Å². The van der Waals surface area contributed by atoms with Crippen LogP contribution in [0.4, 0.5) is 8.78 Å². The summed E-state index contributed by atoms with van der Waals surface area (Å²) in [5, 5.41) is 8.35. The lowest BCUT2D eigenvalue weighted by molar-refractivity contribution is 0.0616. The maximum Gasteiger partial charge on any atom is 0.276 e. The van der Waals surface area contributed by atoms with Gasteiger partial charge in [0, 0.05) is 42.4 Å². The first-order valence-electron chi connectivity index (χ1n) is 11.0. The Bertz CT molecular complexity index is 1410. The number of hydrogen-bond donors (Lipinski definition) is 0. The molecule has 174 valence electrons. The maximum absolute atomic E-state index is 14.2. The standard InChI is InChI=1S/C26H24F2N4O2/c1-15-18-7-5-6-8-20(18)26(3,21-13-29-31(4)16(21)2)14-32(15)25(33)23-12-24(34-30-23)19-10-9-17(27)11-22(19)28/h5-13,15H,14H2,1-4H3. The number of hydrogen-bond acceptors (Lipinski definition) is 4. The number of carbonyl (C=O) groups is 1. The number of aryl methyl sites for hydroxylation is 1. The van der Waals surface area contributed by atoms with Gasteiger partial charge >= 0.3 is 0 Å². The van der Waals surface area contributed by atoms with Crippen molar-refractivity contribution in [2.45, 2.75) is 32.2 Å². The van der Waals surface area contributed by atoms with E-state index >= 15 is 0 Å². The Morgan fingerprint density at radius 3 is 2.62 bits per heavy atom. The SMILES string of the molecule is Cc1c(C2(C)CN(C(=O)c3cc(-c4ccc(F)cc4F)on3)C(C)c3ccccc32)cnn1C. The molecule has 0 aliphatic carbocycles. The van der Waals surface area contributed by atoms with Gasteiger partial charge in [0.2, 0.25) is 0 Å². The van der Waals surface area contributed by atoms with Crippen molar-refractivity contribution >= 4 is 5.91 Å². The predicted octanol–water partition coefficient (Wildman–Crippen LogP) is 5.18. The summed E-state index contributed by atoms with van der Waals surface area (Å²) in [5.74, 6) is -1.73. The molecule has 2 unspecified atom stereocenters. The number of amides is 1. The van der Waals surface area contributed by atoms with Crippen molar-refractivity contribution in [3.05, 3.63) is 94.4 Å². The molecule has 0 spiro atoms. The number of nitrogens with zero attached hydrogens (tertiary/aromatic N) is 4. The smallest absolute Gasteiger partial charge is 0.276 e. The lowest BCUT2D eigenvalue weighted by Crippen LogP contribution is -2.49. The van der Waals surface area contributed by atoms with E-state index in [1.54, 1.807) is 4.90 Å². The van der Waals surface area contributed by atoms with Gasteiger partial charge in [0.1, 0.15) is 11.6 Å². The van der Waals surface area contributed by atoms with Gasteiger partial charge in [-0.15, -0.1) is 0 Å². The maximum atomic E-state index is 14.2. The molecule has 6 nitrogen and oxygen atoms in total. The van der Waals surface area contributed by atoms with E-state index in [-0.39, 0.29) is 29.0 Å². The van der Waals surface area contributed by atoms with Crippen molar-refractivity contribution in [3.63, 3.8) is 0 Å². The molecule has 2 aromatic carbocycles. The number of halogens is 2. The topological polar surface area (TPSA) is 64.2 Å². The van der Waals surface area contributed by atoms with Crippen molar-refractivity contribution in [2.24, 2.45) is 7.05 Å². The molecule has 34 heavy (non-hydrogen) atoms. The van der Waals surface area contributed by atoms with Gasteiger partial charge in [-0.2, -0.15) is 5.10 Å². The summed E-state index contributed by atoms with van der Waals surface area (Å²) in [6, 6.07) is 12.5. The highest BCUT2D eigenvalue weighted by Crippen LogP contribution is 2.44. The third-order valence-corrected chi connectivity index (χ3v) is 6.98.